The van der Waals surface area contributed by atoms with Gasteiger partial charge in [-0.2, -0.15) is 0 Å². The van der Waals surface area contributed by atoms with Crippen LogP contribution in [-0.4, -0.2) is 0 Å². The van der Waals surface area contributed by atoms with Crippen molar-refractivity contribution in [1.29, 1.82) is 0 Å². The Morgan fingerprint density at radius 3 is 0.738 bits per heavy atom. The maximum Gasteiger partial charge on any atom is 0.0313 e. The van der Waals surface area contributed by atoms with Crippen molar-refractivity contribution in [2.45, 2.75) is 27.7 Å². The Balaban J connectivity index is 1.34. The molecule has 0 bridgehead atoms. The van der Waals surface area contributed by atoms with Gasteiger partial charge >= 0.3 is 0 Å². The van der Waals surface area contributed by atoms with Gasteiger partial charge in [0.2, 0.25) is 0 Å². The van der Waals surface area contributed by atoms with Crippen LogP contribution in [0.15, 0.2) is 109 Å². The molecule has 0 fully saturated rings. The third-order valence-electron chi connectivity index (χ3n) is 7.31. The smallest absolute Gasteiger partial charge is 0.0313 e. The Morgan fingerprint density at radius 2 is 0.476 bits per heavy atom. The summed E-state index contributed by atoms with van der Waals surface area (Å²) in [6, 6.07) is 36.3. The van der Waals surface area contributed by atoms with E-state index >= 15 is 0 Å². The van der Waals surface area contributed by atoms with Crippen molar-refractivity contribution >= 4 is 0 Å². The maximum absolute atomic E-state index is 3.44. The molecule has 0 nitrogen and oxygen atoms in total. The zero-order valence-corrected chi connectivity index (χ0v) is 24.4. The molecule has 0 heteroatoms. The van der Waals surface area contributed by atoms with Crippen LogP contribution < -0.4 is 0 Å². The molecule has 0 N–H and O–H groups in total. The largest absolute Gasteiger partial charge is 0.0622 e. The van der Waals surface area contributed by atoms with Crippen LogP contribution in [0.3, 0.4) is 0 Å². The summed E-state index contributed by atoms with van der Waals surface area (Å²) in [5.74, 6) is 26.4. The molecule has 0 saturated heterocycles. The van der Waals surface area contributed by atoms with Crippen LogP contribution in [0.1, 0.15) is 66.8 Å². The highest BCUT2D eigenvalue weighted by Gasteiger charge is 2.12. The highest BCUT2D eigenvalue weighted by atomic mass is 14.1. The van der Waals surface area contributed by atoms with Gasteiger partial charge in [0.15, 0.2) is 0 Å². The minimum absolute atomic E-state index is 0.968. The molecule has 5 aromatic rings. The van der Waals surface area contributed by atoms with E-state index in [0.29, 0.717) is 0 Å². The molecule has 5 rings (SSSR count). The van der Waals surface area contributed by atoms with E-state index in [9.17, 15) is 0 Å². The van der Waals surface area contributed by atoms with Crippen LogP contribution in [0.25, 0.3) is 0 Å². The van der Waals surface area contributed by atoms with Crippen LogP contribution in [-0.2, 0) is 0 Å². The van der Waals surface area contributed by atoms with Crippen molar-refractivity contribution < 1.29 is 0 Å². The van der Waals surface area contributed by atoms with Gasteiger partial charge in [0, 0.05) is 44.5 Å². The average Bonchev–Trinajstić information content (AvgIpc) is 3.04. The van der Waals surface area contributed by atoms with E-state index in [0.717, 1.165) is 44.5 Å². The fraction of sp³-hybridized carbons (Fsp3) is 0.0952. The van der Waals surface area contributed by atoms with Gasteiger partial charge in [0.1, 0.15) is 0 Å². The van der Waals surface area contributed by atoms with Gasteiger partial charge in [-0.1, -0.05) is 83.8 Å². The maximum atomic E-state index is 3.44. The van der Waals surface area contributed by atoms with Gasteiger partial charge in [-0.05, 0) is 123 Å². The second kappa shape index (κ2) is 13.1. The Kier molecular flexibility index (Phi) is 8.72. The quantitative estimate of drug-likeness (QED) is 0.175. The molecule has 0 aliphatic carbocycles. The molecule has 0 atom stereocenters. The minimum atomic E-state index is 0.968. The van der Waals surface area contributed by atoms with Crippen molar-refractivity contribution in [3.8, 4) is 47.4 Å². The molecule has 42 heavy (non-hydrogen) atoms. The van der Waals surface area contributed by atoms with Crippen LogP contribution >= 0.6 is 0 Å². The van der Waals surface area contributed by atoms with Crippen LogP contribution in [0.5, 0.6) is 0 Å². The lowest BCUT2D eigenvalue weighted by molar-refractivity contribution is 1.20. The van der Waals surface area contributed by atoms with E-state index < -0.39 is 0 Å². The molecule has 0 aliphatic heterocycles. The first kappa shape index (κ1) is 27.9. The van der Waals surface area contributed by atoms with Crippen molar-refractivity contribution in [2.24, 2.45) is 0 Å². The summed E-state index contributed by atoms with van der Waals surface area (Å²) in [5, 5.41) is 0. The van der Waals surface area contributed by atoms with Gasteiger partial charge in [0.25, 0.3) is 0 Å². The molecule has 0 heterocycles. The van der Waals surface area contributed by atoms with E-state index in [-0.39, 0.29) is 0 Å². The summed E-state index contributed by atoms with van der Waals surface area (Å²) in [4.78, 5) is 0. The zero-order chi connectivity index (χ0) is 29.3. The number of hydrogen-bond donors (Lipinski definition) is 0. The topological polar surface area (TPSA) is 0 Å². The summed E-state index contributed by atoms with van der Waals surface area (Å²) in [6.45, 7) is 8.55. The Labute approximate surface area is 250 Å². The zero-order valence-electron chi connectivity index (χ0n) is 24.4. The molecular weight excluding hydrogens is 504 g/mol. The van der Waals surface area contributed by atoms with Crippen LogP contribution in [0.4, 0.5) is 0 Å². The van der Waals surface area contributed by atoms with Crippen molar-refractivity contribution in [3.63, 3.8) is 0 Å². The number of hydrogen-bond acceptors (Lipinski definition) is 0. The van der Waals surface area contributed by atoms with Gasteiger partial charge in [0.05, 0.1) is 0 Å². The van der Waals surface area contributed by atoms with Gasteiger partial charge in [-0.25, -0.2) is 0 Å². The van der Waals surface area contributed by atoms with Crippen molar-refractivity contribution in [3.05, 3.63) is 176 Å². The Morgan fingerprint density at radius 1 is 0.262 bits per heavy atom. The lowest BCUT2D eigenvalue weighted by Gasteiger charge is -2.14. The second-order valence-electron chi connectivity index (χ2n) is 10.1. The van der Waals surface area contributed by atoms with E-state index in [1.54, 1.807) is 0 Å². The highest BCUT2D eigenvalue weighted by molar-refractivity contribution is 5.63. The van der Waals surface area contributed by atoms with Crippen LogP contribution in [0, 0.1) is 75.1 Å². The predicted molar refractivity (Wildman–Crippen MR) is 175 cm³/mol. The summed E-state index contributed by atoms with van der Waals surface area (Å²) in [7, 11) is 0. The molecule has 198 valence electrons. The summed E-state index contributed by atoms with van der Waals surface area (Å²) >= 11 is 0. The van der Waals surface area contributed by atoms with Gasteiger partial charge < -0.3 is 0 Å². The average molecular weight is 535 g/mol. The molecule has 0 unspecified atom stereocenters. The molecule has 5 aromatic carbocycles. The first-order valence-corrected chi connectivity index (χ1v) is 14.0. The van der Waals surface area contributed by atoms with Crippen molar-refractivity contribution in [1.82, 2.24) is 0 Å². The third-order valence-corrected chi connectivity index (χ3v) is 7.31. The number of benzene rings is 5. The monoisotopic (exact) mass is 534 g/mol. The molecule has 0 amide bonds. The van der Waals surface area contributed by atoms with E-state index in [2.05, 4.69) is 75.1 Å². The second-order valence-corrected chi connectivity index (χ2v) is 10.1. The summed E-state index contributed by atoms with van der Waals surface area (Å²) in [6.07, 6.45) is 0. The molecule has 0 radical (unpaired) electrons. The lowest BCUT2D eigenvalue weighted by Crippen LogP contribution is -2.01. The van der Waals surface area contributed by atoms with E-state index in [1.807, 2.05) is 109 Å². The van der Waals surface area contributed by atoms with Gasteiger partial charge in [-0.3, -0.25) is 0 Å². The molecular formula is C42H30. The Bertz CT molecular complexity index is 1800. The summed E-state index contributed by atoms with van der Waals surface area (Å²) in [5.41, 5.74) is 12.7. The normalized spacial score (nSPS) is 9.62. The van der Waals surface area contributed by atoms with Crippen molar-refractivity contribution in [2.75, 3.05) is 0 Å². The standard InChI is InChI=1S/C42H30/c1-31-32(2)42(30-28-40-25-21-38(22-26-40)18-16-36-13-9-6-10-14-36)34(4)33(3)41(31)29-27-39-23-19-37(20-24-39)17-15-35-11-7-5-8-12-35/h5-14,19-26H,1-4H3. The molecule has 0 saturated carbocycles. The predicted octanol–water partition coefficient (Wildman–Crippen LogP) is 8.52. The molecule has 0 aliphatic rings. The van der Waals surface area contributed by atoms with Gasteiger partial charge in [-0.15, -0.1) is 0 Å². The minimum Gasteiger partial charge on any atom is -0.0622 e. The van der Waals surface area contributed by atoms with E-state index in [1.165, 1.54) is 22.3 Å². The lowest BCUT2D eigenvalue weighted by atomic mass is 9.89. The third kappa shape index (κ3) is 6.91. The first-order valence-electron chi connectivity index (χ1n) is 14.0. The van der Waals surface area contributed by atoms with E-state index in [4.69, 9.17) is 0 Å². The molecule has 0 aromatic heterocycles. The van der Waals surface area contributed by atoms with Crippen LogP contribution in [0.2, 0.25) is 0 Å². The number of rotatable bonds is 0. The fourth-order valence-electron chi connectivity index (χ4n) is 4.56. The highest BCUT2D eigenvalue weighted by Crippen LogP contribution is 2.26. The SMILES string of the molecule is Cc1c(C)c(C#Cc2ccc(C#Cc3ccccc3)cc2)c(C)c(C)c1C#Cc1ccc(C#Cc2ccccc2)cc1. The summed E-state index contributed by atoms with van der Waals surface area (Å²) < 4.78 is 0. The molecule has 0 spiro atoms. The fourth-order valence-corrected chi connectivity index (χ4v) is 4.56. The Hall–Kier alpha value is -5.66. The first-order chi connectivity index (χ1) is 20.5.